The minimum Gasteiger partial charge on any atom is -0.449 e. The maximum atomic E-state index is 12.7. The van der Waals surface area contributed by atoms with Crippen LogP contribution in [-0.2, 0) is 16.0 Å². The zero-order valence-electron chi connectivity index (χ0n) is 16.1. The molecule has 1 aliphatic rings. The quantitative estimate of drug-likeness (QED) is 0.545. The molecule has 1 atom stereocenters. The van der Waals surface area contributed by atoms with Gasteiger partial charge in [0.25, 0.3) is 17.7 Å². The topological polar surface area (TPSA) is 136 Å². The van der Waals surface area contributed by atoms with E-state index < -0.39 is 35.8 Å². The summed E-state index contributed by atoms with van der Waals surface area (Å²) in [6, 6.07) is 12.3. The number of benzene rings is 2. The van der Waals surface area contributed by atoms with Crippen LogP contribution in [0.1, 0.15) is 43.6 Å². The summed E-state index contributed by atoms with van der Waals surface area (Å²) < 4.78 is 4.98. The van der Waals surface area contributed by atoms with Crippen LogP contribution >= 0.6 is 0 Å². The van der Waals surface area contributed by atoms with Gasteiger partial charge in [0.1, 0.15) is 0 Å². The van der Waals surface area contributed by atoms with Gasteiger partial charge in [-0.1, -0.05) is 30.3 Å². The smallest absolute Gasteiger partial charge is 0.338 e. The number of hydrogen-bond acceptors (Lipinski definition) is 6. The molecule has 0 spiro atoms. The average Bonchev–Trinajstić information content (AvgIpc) is 2.96. The van der Waals surface area contributed by atoms with Crippen molar-refractivity contribution in [2.24, 2.45) is 5.73 Å². The van der Waals surface area contributed by atoms with Crippen LogP contribution < -0.4 is 11.1 Å². The molecule has 2 aromatic carbocycles. The summed E-state index contributed by atoms with van der Waals surface area (Å²) in [6.45, 7) is 1.48. The number of carbonyl (C=O) groups is 5. The number of carbonyl (C=O) groups excluding carboxylic acids is 5. The van der Waals surface area contributed by atoms with Gasteiger partial charge in [-0.15, -0.1) is 0 Å². The van der Waals surface area contributed by atoms with E-state index in [1.807, 2.05) is 30.3 Å². The summed E-state index contributed by atoms with van der Waals surface area (Å²) in [5.74, 6) is -2.69. The second-order valence-corrected chi connectivity index (χ2v) is 6.66. The van der Waals surface area contributed by atoms with Crippen molar-refractivity contribution in [3.63, 3.8) is 0 Å². The van der Waals surface area contributed by atoms with E-state index >= 15 is 0 Å². The molecule has 3 N–H and O–H groups in total. The molecule has 0 radical (unpaired) electrons. The average molecular weight is 409 g/mol. The molecule has 0 bridgehead atoms. The molecule has 9 heteroatoms. The van der Waals surface area contributed by atoms with E-state index in [1.165, 1.54) is 25.1 Å². The zero-order valence-corrected chi connectivity index (χ0v) is 16.1. The molecular weight excluding hydrogens is 390 g/mol. The van der Waals surface area contributed by atoms with Gasteiger partial charge in [-0.3, -0.25) is 24.6 Å². The summed E-state index contributed by atoms with van der Waals surface area (Å²) in [5.41, 5.74) is 6.13. The van der Waals surface area contributed by atoms with Gasteiger partial charge < -0.3 is 10.5 Å². The lowest BCUT2D eigenvalue weighted by Gasteiger charge is -2.13. The molecule has 154 valence electrons. The van der Waals surface area contributed by atoms with Crippen LogP contribution in [0.15, 0.2) is 48.5 Å². The fraction of sp³-hybridized carbons (Fsp3) is 0.190. The van der Waals surface area contributed by atoms with E-state index in [9.17, 15) is 24.0 Å². The summed E-state index contributed by atoms with van der Waals surface area (Å²) in [6.07, 6.45) is -0.772. The van der Waals surface area contributed by atoms with Gasteiger partial charge in [0, 0.05) is 6.54 Å². The molecule has 30 heavy (non-hydrogen) atoms. The number of imide groups is 2. The first-order valence-electron chi connectivity index (χ1n) is 9.13. The van der Waals surface area contributed by atoms with Crippen molar-refractivity contribution in [1.29, 1.82) is 0 Å². The second kappa shape index (κ2) is 8.56. The van der Waals surface area contributed by atoms with E-state index in [4.69, 9.17) is 10.5 Å². The molecule has 0 saturated heterocycles. The third-order valence-corrected chi connectivity index (χ3v) is 4.57. The number of ether oxygens (including phenoxy) is 1. The highest BCUT2D eigenvalue weighted by Crippen LogP contribution is 2.25. The van der Waals surface area contributed by atoms with Crippen molar-refractivity contribution < 1.29 is 28.7 Å². The lowest BCUT2D eigenvalue weighted by atomic mass is 10.1. The Bertz CT molecular complexity index is 1030. The summed E-state index contributed by atoms with van der Waals surface area (Å²) >= 11 is 0. The van der Waals surface area contributed by atoms with Crippen LogP contribution in [0.2, 0.25) is 0 Å². The zero-order chi connectivity index (χ0) is 21.8. The van der Waals surface area contributed by atoms with Gasteiger partial charge in [-0.2, -0.15) is 0 Å². The molecular formula is C21H19N3O6. The predicted molar refractivity (Wildman–Crippen MR) is 105 cm³/mol. The molecule has 0 unspecified atom stereocenters. The Balaban J connectivity index is 1.70. The van der Waals surface area contributed by atoms with Crippen LogP contribution in [-0.4, -0.2) is 47.3 Å². The molecule has 0 aromatic heterocycles. The largest absolute Gasteiger partial charge is 0.449 e. The third kappa shape index (κ3) is 4.35. The summed E-state index contributed by atoms with van der Waals surface area (Å²) in [5, 5.41) is 1.80. The van der Waals surface area contributed by atoms with Crippen LogP contribution in [0, 0.1) is 0 Å². The number of esters is 1. The Morgan fingerprint density at radius 1 is 1.03 bits per heavy atom. The van der Waals surface area contributed by atoms with E-state index in [2.05, 4.69) is 0 Å². The van der Waals surface area contributed by atoms with Crippen LogP contribution in [0.25, 0.3) is 0 Å². The Morgan fingerprint density at radius 2 is 1.70 bits per heavy atom. The van der Waals surface area contributed by atoms with Gasteiger partial charge in [-0.05, 0) is 37.1 Å². The van der Waals surface area contributed by atoms with Gasteiger partial charge in [0.15, 0.2) is 6.10 Å². The first-order chi connectivity index (χ1) is 14.3. The molecule has 5 amide bonds. The molecule has 0 fully saturated rings. The van der Waals surface area contributed by atoms with Crippen molar-refractivity contribution in [3.05, 3.63) is 70.8 Å². The van der Waals surface area contributed by atoms with Crippen molar-refractivity contribution >= 4 is 29.7 Å². The standard InChI is InChI=1S/C21H19N3O6/c1-12(17(25)23-21(22)29)30-20(28)14-7-8-15-16(11-14)19(27)24(18(15)26)10-9-13-5-3-2-4-6-13/h2-8,11-12H,9-10H2,1H3,(H3,22,23,25,29)/t12-/m1/s1. The highest BCUT2D eigenvalue weighted by atomic mass is 16.5. The summed E-state index contributed by atoms with van der Waals surface area (Å²) in [4.78, 5) is 61.1. The normalized spacial score (nSPS) is 13.6. The summed E-state index contributed by atoms with van der Waals surface area (Å²) in [7, 11) is 0. The Labute approximate surface area is 171 Å². The maximum Gasteiger partial charge on any atom is 0.338 e. The van der Waals surface area contributed by atoms with E-state index in [-0.39, 0.29) is 23.2 Å². The van der Waals surface area contributed by atoms with Crippen LogP contribution in [0.3, 0.4) is 0 Å². The first-order valence-corrected chi connectivity index (χ1v) is 9.13. The van der Waals surface area contributed by atoms with Crippen LogP contribution in [0.4, 0.5) is 4.79 Å². The number of rotatable bonds is 6. The highest BCUT2D eigenvalue weighted by Gasteiger charge is 2.36. The Hall–Kier alpha value is -4.01. The minimum atomic E-state index is -1.28. The van der Waals surface area contributed by atoms with Gasteiger partial charge in [-0.25, -0.2) is 9.59 Å². The number of urea groups is 1. The molecule has 0 saturated carbocycles. The first kappa shape index (κ1) is 20.7. The monoisotopic (exact) mass is 409 g/mol. The Kier molecular flexibility index (Phi) is 5.91. The fourth-order valence-corrected chi connectivity index (χ4v) is 3.01. The van der Waals surface area contributed by atoms with E-state index in [0.717, 1.165) is 10.5 Å². The fourth-order valence-electron chi connectivity index (χ4n) is 3.01. The molecule has 0 aliphatic carbocycles. The highest BCUT2D eigenvalue weighted by molar-refractivity contribution is 6.22. The minimum absolute atomic E-state index is 0.00136. The van der Waals surface area contributed by atoms with Crippen molar-refractivity contribution in [2.45, 2.75) is 19.4 Å². The van der Waals surface area contributed by atoms with Gasteiger partial charge in [0.05, 0.1) is 16.7 Å². The number of nitrogens with two attached hydrogens (primary N) is 1. The van der Waals surface area contributed by atoms with E-state index in [1.54, 1.807) is 5.32 Å². The number of primary amides is 1. The lowest BCUT2D eigenvalue weighted by molar-refractivity contribution is -0.127. The third-order valence-electron chi connectivity index (χ3n) is 4.57. The Morgan fingerprint density at radius 3 is 2.37 bits per heavy atom. The van der Waals surface area contributed by atoms with Crippen LogP contribution in [0.5, 0.6) is 0 Å². The number of nitrogens with zero attached hydrogens (tertiary/aromatic N) is 1. The van der Waals surface area contributed by atoms with Gasteiger partial charge in [0.2, 0.25) is 0 Å². The van der Waals surface area contributed by atoms with Crippen molar-refractivity contribution in [2.75, 3.05) is 6.54 Å². The molecule has 9 nitrogen and oxygen atoms in total. The van der Waals surface area contributed by atoms with Crippen molar-refractivity contribution in [1.82, 2.24) is 10.2 Å². The van der Waals surface area contributed by atoms with Gasteiger partial charge >= 0.3 is 12.0 Å². The second-order valence-electron chi connectivity index (χ2n) is 6.66. The van der Waals surface area contributed by atoms with Crippen molar-refractivity contribution in [3.8, 4) is 0 Å². The molecule has 1 aliphatic heterocycles. The molecule has 2 aromatic rings. The number of amides is 5. The maximum absolute atomic E-state index is 12.7. The number of fused-ring (bicyclic) bond motifs is 1. The number of hydrogen-bond donors (Lipinski definition) is 2. The van der Waals surface area contributed by atoms with E-state index in [0.29, 0.717) is 6.42 Å². The number of nitrogens with one attached hydrogen (secondary N) is 1. The lowest BCUT2D eigenvalue weighted by Crippen LogP contribution is -2.42. The predicted octanol–water partition coefficient (Wildman–Crippen LogP) is 1.27. The molecule has 3 rings (SSSR count). The SMILES string of the molecule is C[C@@H](OC(=O)c1ccc2c(c1)C(=O)N(CCc1ccccc1)C2=O)C(=O)NC(N)=O. The molecule has 1 heterocycles.